The van der Waals surface area contributed by atoms with Gasteiger partial charge >= 0.3 is 0 Å². The Morgan fingerprint density at radius 2 is 2.07 bits per heavy atom. The summed E-state index contributed by atoms with van der Waals surface area (Å²) in [5.41, 5.74) is 2.08. The lowest BCUT2D eigenvalue weighted by Gasteiger charge is -2.13. The third-order valence-corrected chi connectivity index (χ3v) is 2.74. The first kappa shape index (κ1) is 12.8. The summed E-state index contributed by atoms with van der Waals surface area (Å²) in [7, 11) is 1.65. The zero-order valence-corrected chi connectivity index (χ0v) is 11.2. The Balaban J connectivity index is 2.84. The van der Waals surface area contributed by atoms with Crippen LogP contribution in [0.2, 0.25) is 0 Å². The van der Waals surface area contributed by atoms with Crippen molar-refractivity contribution in [3.05, 3.63) is 27.7 Å². The van der Waals surface area contributed by atoms with E-state index in [2.05, 4.69) is 15.9 Å². The lowest BCUT2D eigenvalue weighted by molar-refractivity contribution is 0.145. The normalized spacial score (nSPS) is 10.4. The van der Waals surface area contributed by atoms with Crippen molar-refractivity contribution < 1.29 is 9.47 Å². The van der Waals surface area contributed by atoms with Crippen LogP contribution >= 0.6 is 27.5 Å². The van der Waals surface area contributed by atoms with Crippen molar-refractivity contribution in [1.29, 1.82) is 0 Å². The van der Waals surface area contributed by atoms with Crippen molar-refractivity contribution >= 4 is 27.5 Å². The molecule has 0 heterocycles. The largest absolute Gasteiger partial charge is 0.491 e. The lowest BCUT2D eigenvalue weighted by atomic mass is 10.1. The molecule has 15 heavy (non-hydrogen) atoms. The maximum Gasteiger partial charge on any atom is 0.126 e. The minimum Gasteiger partial charge on any atom is -0.491 e. The number of hydrogen-bond acceptors (Lipinski definition) is 2. The van der Waals surface area contributed by atoms with Crippen molar-refractivity contribution in [2.75, 3.05) is 20.3 Å². The van der Waals surface area contributed by atoms with Gasteiger partial charge in [-0.2, -0.15) is 0 Å². The van der Waals surface area contributed by atoms with E-state index >= 15 is 0 Å². The van der Waals surface area contributed by atoms with Gasteiger partial charge in [-0.15, -0.1) is 11.6 Å². The second-order valence-electron chi connectivity index (χ2n) is 3.19. The van der Waals surface area contributed by atoms with Crippen LogP contribution in [-0.2, 0) is 10.6 Å². The predicted octanol–water partition coefficient (Wildman–Crippen LogP) is 3.52. The van der Waals surface area contributed by atoms with Crippen LogP contribution in [0.5, 0.6) is 5.75 Å². The smallest absolute Gasteiger partial charge is 0.126 e. The Hall–Kier alpha value is -0.250. The molecule has 1 aromatic rings. The van der Waals surface area contributed by atoms with E-state index in [1.807, 2.05) is 19.1 Å². The van der Waals surface area contributed by atoms with Crippen LogP contribution in [0, 0.1) is 6.92 Å². The van der Waals surface area contributed by atoms with Crippen LogP contribution in [0.3, 0.4) is 0 Å². The monoisotopic (exact) mass is 292 g/mol. The molecule has 2 nitrogen and oxygen atoms in total. The summed E-state index contributed by atoms with van der Waals surface area (Å²) >= 11 is 9.29. The molecule has 0 aliphatic heterocycles. The average molecular weight is 294 g/mol. The van der Waals surface area contributed by atoms with E-state index in [-0.39, 0.29) is 0 Å². The van der Waals surface area contributed by atoms with Crippen LogP contribution < -0.4 is 4.74 Å². The minimum atomic E-state index is 0.447. The molecule has 0 bridgehead atoms. The van der Waals surface area contributed by atoms with Gasteiger partial charge in [0.1, 0.15) is 12.4 Å². The van der Waals surface area contributed by atoms with Crippen LogP contribution in [-0.4, -0.2) is 20.3 Å². The fourth-order valence-corrected chi connectivity index (χ4v) is 2.15. The third-order valence-electron chi connectivity index (χ3n) is 1.99. The van der Waals surface area contributed by atoms with Crippen LogP contribution in [0.25, 0.3) is 0 Å². The SMILES string of the molecule is COCCOc1c(C)cc(Br)cc1CCl. The first-order chi connectivity index (χ1) is 7.19. The lowest BCUT2D eigenvalue weighted by Crippen LogP contribution is -2.06. The second-order valence-corrected chi connectivity index (χ2v) is 4.37. The van der Waals surface area contributed by atoms with Gasteiger partial charge in [0.05, 0.1) is 12.5 Å². The standard InChI is InChI=1S/C11H14BrClO2/c1-8-5-10(12)6-9(7-13)11(8)15-4-3-14-2/h5-6H,3-4,7H2,1-2H3. The summed E-state index contributed by atoms with van der Waals surface area (Å²) in [6.45, 7) is 3.13. The van der Waals surface area contributed by atoms with Crippen molar-refractivity contribution in [1.82, 2.24) is 0 Å². The molecule has 0 radical (unpaired) electrons. The van der Waals surface area contributed by atoms with Gasteiger partial charge in [0.25, 0.3) is 0 Å². The molecule has 0 amide bonds. The maximum atomic E-state index is 5.86. The van der Waals surface area contributed by atoms with Crippen molar-refractivity contribution in [3.8, 4) is 5.75 Å². The van der Waals surface area contributed by atoms with Gasteiger partial charge in [-0.25, -0.2) is 0 Å². The number of ether oxygens (including phenoxy) is 2. The molecule has 0 saturated carbocycles. The third kappa shape index (κ3) is 3.67. The molecule has 0 saturated heterocycles. The fraction of sp³-hybridized carbons (Fsp3) is 0.455. The summed E-state index contributed by atoms with van der Waals surface area (Å²) in [5, 5.41) is 0. The summed E-state index contributed by atoms with van der Waals surface area (Å²) in [6.07, 6.45) is 0. The molecule has 1 aromatic carbocycles. The molecular formula is C11H14BrClO2. The summed E-state index contributed by atoms with van der Waals surface area (Å²) < 4.78 is 11.6. The van der Waals surface area contributed by atoms with Crippen molar-refractivity contribution in [2.45, 2.75) is 12.8 Å². The highest BCUT2D eigenvalue weighted by atomic mass is 79.9. The Morgan fingerprint density at radius 3 is 2.67 bits per heavy atom. The van der Waals surface area contributed by atoms with Gasteiger partial charge in [-0.05, 0) is 24.6 Å². The fourth-order valence-electron chi connectivity index (χ4n) is 1.33. The summed E-state index contributed by atoms with van der Waals surface area (Å²) in [4.78, 5) is 0. The highest BCUT2D eigenvalue weighted by molar-refractivity contribution is 9.10. The molecule has 0 N–H and O–H groups in total. The molecule has 0 spiro atoms. The van der Waals surface area contributed by atoms with E-state index in [4.69, 9.17) is 21.1 Å². The average Bonchev–Trinajstić information content (AvgIpc) is 2.20. The van der Waals surface area contributed by atoms with E-state index in [9.17, 15) is 0 Å². The Labute approximate surface area is 104 Å². The van der Waals surface area contributed by atoms with Gasteiger partial charge in [-0.3, -0.25) is 0 Å². The molecule has 0 aromatic heterocycles. The molecule has 4 heteroatoms. The van der Waals surface area contributed by atoms with E-state index in [0.29, 0.717) is 19.1 Å². The molecule has 0 aliphatic carbocycles. The van der Waals surface area contributed by atoms with Gasteiger partial charge in [-0.1, -0.05) is 15.9 Å². The van der Waals surface area contributed by atoms with E-state index in [1.165, 1.54) is 0 Å². The van der Waals surface area contributed by atoms with Crippen LogP contribution in [0.4, 0.5) is 0 Å². The maximum absolute atomic E-state index is 5.86. The topological polar surface area (TPSA) is 18.5 Å². The minimum absolute atomic E-state index is 0.447. The number of alkyl halides is 1. The van der Waals surface area contributed by atoms with E-state index < -0.39 is 0 Å². The number of rotatable bonds is 5. The summed E-state index contributed by atoms with van der Waals surface area (Å²) in [5.74, 6) is 1.31. The Kier molecular flexibility index (Phi) is 5.43. The molecule has 84 valence electrons. The first-order valence-electron chi connectivity index (χ1n) is 4.65. The molecule has 0 aliphatic rings. The molecular weight excluding hydrogens is 279 g/mol. The first-order valence-corrected chi connectivity index (χ1v) is 5.98. The van der Waals surface area contributed by atoms with Crippen molar-refractivity contribution in [2.24, 2.45) is 0 Å². The van der Waals surface area contributed by atoms with E-state index in [1.54, 1.807) is 7.11 Å². The Morgan fingerprint density at radius 1 is 1.33 bits per heavy atom. The molecule has 1 rings (SSSR count). The van der Waals surface area contributed by atoms with Gasteiger partial charge in [0.2, 0.25) is 0 Å². The number of aryl methyl sites for hydroxylation is 1. The summed E-state index contributed by atoms with van der Waals surface area (Å²) in [6, 6.07) is 3.99. The number of hydrogen-bond donors (Lipinski definition) is 0. The number of benzene rings is 1. The second kappa shape index (κ2) is 6.36. The van der Waals surface area contributed by atoms with Crippen LogP contribution in [0.1, 0.15) is 11.1 Å². The van der Waals surface area contributed by atoms with Gasteiger partial charge < -0.3 is 9.47 Å². The predicted molar refractivity (Wildman–Crippen MR) is 65.8 cm³/mol. The van der Waals surface area contributed by atoms with Gasteiger partial charge in [0.15, 0.2) is 0 Å². The number of methoxy groups -OCH3 is 1. The molecule has 0 fully saturated rings. The van der Waals surface area contributed by atoms with Crippen LogP contribution in [0.15, 0.2) is 16.6 Å². The zero-order valence-electron chi connectivity index (χ0n) is 8.85. The van der Waals surface area contributed by atoms with Crippen molar-refractivity contribution in [3.63, 3.8) is 0 Å². The van der Waals surface area contributed by atoms with E-state index in [0.717, 1.165) is 21.3 Å². The molecule has 0 atom stereocenters. The Bertz CT molecular complexity index is 329. The molecule has 0 unspecified atom stereocenters. The highest BCUT2D eigenvalue weighted by Crippen LogP contribution is 2.29. The zero-order chi connectivity index (χ0) is 11.3. The van der Waals surface area contributed by atoms with Gasteiger partial charge in [0, 0.05) is 17.1 Å². The highest BCUT2D eigenvalue weighted by Gasteiger charge is 2.07. The number of halogens is 2. The quantitative estimate of drug-likeness (QED) is 0.611.